The number of carbonyl (C=O) groups is 1. The summed E-state index contributed by atoms with van der Waals surface area (Å²) in [7, 11) is -3.53. The quantitative estimate of drug-likeness (QED) is 0.707. The first-order valence-electron chi connectivity index (χ1n) is 5.68. The van der Waals surface area contributed by atoms with Crippen molar-refractivity contribution in [3.05, 3.63) is 0 Å². The highest BCUT2D eigenvalue weighted by Crippen LogP contribution is 2.31. The van der Waals surface area contributed by atoms with Gasteiger partial charge < -0.3 is 14.7 Å². The Kier molecular flexibility index (Phi) is 4.94. The Bertz CT molecular complexity index is 395. The van der Waals surface area contributed by atoms with Crippen LogP contribution in [-0.4, -0.2) is 63.7 Å². The second-order valence-corrected chi connectivity index (χ2v) is 6.20. The number of likely N-dealkylation sites (tertiary alicyclic amines) is 1. The maximum Gasteiger partial charge on any atom is 0.407 e. The summed E-state index contributed by atoms with van der Waals surface area (Å²) in [6.07, 6.45) is 0.507. The maximum atomic E-state index is 11.0. The topological polar surface area (TPSA) is 93.1 Å². The van der Waals surface area contributed by atoms with Crippen molar-refractivity contribution in [3.63, 3.8) is 0 Å². The third-order valence-corrected chi connectivity index (χ3v) is 3.45. The molecule has 8 heteroatoms. The van der Waals surface area contributed by atoms with Crippen LogP contribution >= 0.6 is 0 Å². The molecule has 106 valence electrons. The number of amides is 1. The van der Waals surface area contributed by atoms with Crippen molar-refractivity contribution in [2.75, 3.05) is 39.2 Å². The van der Waals surface area contributed by atoms with Crippen LogP contribution in [-0.2, 0) is 19.0 Å². The van der Waals surface area contributed by atoms with Crippen molar-refractivity contribution in [1.29, 1.82) is 0 Å². The van der Waals surface area contributed by atoms with E-state index in [1.54, 1.807) is 0 Å². The average Bonchev–Trinajstić information content (AvgIpc) is 2.68. The lowest BCUT2D eigenvalue weighted by Gasteiger charge is -2.27. The number of rotatable bonds is 6. The van der Waals surface area contributed by atoms with Gasteiger partial charge in [-0.3, -0.25) is 4.18 Å². The lowest BCUT2D eigenvalue weighted by molar-refractivity contribution is 0.0263. The lowest BCUT2D eigenvalue weighted by atomic mass is 9.89. The number of carboxylic acid groups (broad SMARTS) is 1. The smallest absolute Gasteiger partial charge is 0.407 e. The predicted octanol–water partition coefficient (Wildman–Crippen LogP) is 0.369. The van der Waals surface area contributed by atoms with E-state index in [0.717, 1.165) is 6.26 Å². The molecule has 0 bridgehead atoms. The minimum atomic E-state index is -3.53. The highest BCUT2D eigenvalue weighted by atomic mass is 32.2. The standard InChI is InChI=1S/C10H19NO6S/c1-3-16-7-10(8-17-18(2,14)15)4-5-11(6-10)9(12)13/h3-8H2,1-2H3,(H,12,13)/t10-/m0/s1. The van der Waals surface area contributed by atoms with Crippen LogP contribution in [0.15, 0.2) is 0 Å². The molecule has 0 spiro atoms. The zero-order chi connectivity index (χ0) is 13.8. The van der Waals surface area contributed by atoms with Crippen LogP contribution < -0.4 is 0 Å². The van der Waals surface area contributed by atoms with Gasteiger partial charge in [0.05, 0.1) is 19.5 Å². The largest absolute Gasteiger partial charge is 0.465 e. The molecule has 0 aromatic rings. The number of ether oxygens (including phenoxy) is 1. The van der Waals surface area contributed by atoms with E-state index in [-0.39, 0.29) is 13.2 Å². The van der Waals surface area contributed by atoms with Gasteiger partial charge in [-0.05, 0) is 13.3 Å². The van der Waals surface area contributed by atoms with Crippen LogP contribution in [0.4, 0.5) is 4.79 Å². The SMILES string of the molecule is CCOC[C@]1(COS(C)(=O)=O)CCN(C(=O)O)C1. The third-order valence-electron chi connectivity index (χ3n) is 2.90. The molecule has 18 heavy (non-hydrogen) atoms. The van der Waals surface area contributed by atoms with Gasteiger partial charge in [0.2, 0.25) is 0 Å². The molecule has 0 unspecified atom stereocenters. The zero-order valence-electron chi connectivity index (χ0n) is 10.6. The summed E-state index contributed by atoms with van der Waals surface area (Å²) in [6.45, 7) is 3.18. The van der Waals surface area contributed by atoms with Crippen LogP contribution in [0.25, 0.3) is 0 Å². The van der Waals surface area contributed by atoms with Gasteiger partial charge in [0.25, 0.3) is 10.1 Å². The summed E-state index contributed by atoms with van der Waals surface area (Å²) in [5.41, 5.74) is -0.572. The summed E-state index contributed by atoms with van der Waals surface area (Å²) in [6, 6.07) is 0. The van der Waals surface area contributed by atoms with Gasteiger partial charge in [0.15, 0.2) is 0 Å². The fourth-order valence-electron chi connectivity index (χ4n) is 1.93. The molecular weight excluding hydrogens is 262 g/mol. The van der Waals surface area contributed by atoms with E-state index in [1.165, 1.54) is 4.90 Å². The molecule has 1 saturated heterocycles. The Labute approximate surface area is 107 Å². The highest BCUT2D eigenvalue weighted by Gasteiger charge is 2.41. The number of hydrogen-bond donors (Lipinski definition) is 1. The number of nitrogens with zero attached hydrogens (tertiary/aromatic N) is 1. The molecular formula is C10H19NO6S. The molecule has 1 rings (SSSR count). The molecule has 0 aromatic carbocycles. The van der Waals surface area contributed by atoms with Gasteiger partial charge in [0, 0.05) is 25.1 Å². The summed E-state index contributed by atoms with van der Waals surface area (Å²) < 4.78 is 32.2. The predicted molar refractivity (Wildman–Crippen MR) is 63.9 cm³/mol. The van der Waals surface area contributed by atoms with Crippen molar-refractivity contribution < 1.29 is 27.2 Å². The maximum absolute atomic E-state index is 11.0. The van der Waals surface area contributed by atoms with Gasteiger partial charge in [-0.1, -0.05) is 0 Å². The van der Waals surface area contributed by atoms with E-state index in [4.69, 9.17) is 14.0 Å². The average molecular weight is 281 g/mol. The van der Waals surface area contributed by atoms with Gasteiger partial charge in [-0.15, -0.1) is 0 Å². The van der Waals surface area contributed by atoms with E-state index in [0.29, 0.717) is 26.2 Å². The minimum absolute atomic E-state index is 0.0460. The summed E-state index contributed by atoms with van der Waals surface area (Å²) in [5.74, 6) is 0. The molecule has 1 atom stereocenters. The summed E-state index contributed by atoms with van der Waals surface area (Å²) in [5, 5.41) is 8.93. The van der Waals surface area contributed by atoms with Crippen molar-refractivity contribution >= 4 is 16.2 Å². The lowest BCUT2D eigenvalue weighted by Crippen LogP contribution is -2.38. The molecule has 0 aliphatic carbocycles. The fourth-order valence-corrected chi connectivity index (χ4v) is 2.39. The molecule has 1 N–H and O–H groups in total. The van der Waals surface area contributed by atoms with Crippen LogP contribution in [0.3, 0.4) is 0 Å². The minimum Gasteiger partial charge on any atom is -0.465 e. The Morgan fingerprint density at radius 3 is 2.56 bits per heavy atom. The van der Waals surface area contributed by atoms with E-state index >= 15 is 0 Å². The van der Waals surface area contributed by atoms with Gasteiger partial charge in [0.1, 0.15) is 0 Å². The number of hydrogen-bond acceptors (Lipinski definition) is 5. The molecule has 0 radical (unpaired) electrons. The summed E-state index contributed by atoms with van der Waals surface area (Å²) in [4.78, 5) is 12.1. The van der Waals surface area contributed by atoms with Gasteiger partial charge >= 0.3 is 6.09 Å². The normalized spacial score (nSPS) is 24.4. The monoisotopic (exact) mass is 281 g/mol. The second kappa shape index (κ2) is 5.85. The first-order valence-corrected chi connectivity index (χ1v) is 7.50. The first-order chi connectivity index (χ1) is 8.28. The first kappa shape index (κ1) is 15.2. The van der Waals surface area contributed by atoms with Gasteiger partial charge in [-0.25, -0.2) is 4.79 Å². The van der Waals surface area contributed by atoms with Crippen LogP contribution in [0.5, 0.6) is 0 Å². The van der Waals surface area contributed by atoms with Crippen molar-refractivity contribution in [3.8, 4) is 0 Å². The molecule has 1 amide bonds. The molecule has 1 heterocycles. The Hall–Kier alpha value is -0.860. The van der Waals surface area contributed by atoms with Gasteiger partial charge in [-0.2, -0.15) is 8.42 Å². The van der Waals surface area contributed by atoms with Crippen LogP contribution in [0, 0.1) is 5.41 Å². The molecule has 1 fully saturated rings. The van der Waals surface area contributed by atoms with Crippen molar-refractivity contribution in [2.45, 2.75) is 13.3 Å². The van der Waals surface area contributed by atoms with Crippen LogP contribution in [0.2, 0.25) is 0 Å². The molecule has 7 nitrogen and oxygen atoms in total. The Balaban J connectivity index is 2.68. The second-order valence-electron chi connectivity index (χ2n) is 4.56. The van der Waals surface area contributed by atoms with E-state index < -0.39 is 21.6 Å². The Morgan fingerprint density at radius 2 is 2.11 bits per heavy atom. The summed E-state index contributed by atoms with van der Waals surface area (Å²) >= 11 is 0. The molecule has 0 aromatic heterocycles. The van der Waals surface area contributed by atoms with E-state index in [1.807, 2.05) is 6.92 Å². The zero-order valence-corrected chi connectivity index (χ0v) is 11.4. The molecule has 1 aliphatic heterocycles. The fraction of sp³-hybridized carbons (Fsp3) is 0.900. The van der Waals surface area contributed by atoms with Crippen molar-refractivity contribution in [1.82, 2.24) is 4.90 Å². The van der Waals surface area contributed by atoms with E-state index in [2.05, 4.69) is 0 Å². The van der Waals surface area contributed by atoms with Crippen LogP contribution in [0.1, 0.15) is 13.3 Å². The van der Waals surface area contributed by atoms with E-state index in [9.17, 15) is 13.2 Å². The third kappa shape index (κ3) is 4.43. The Morgan fingerprint density at radius 1 is 1.44 bits per heavy atom. The highest BCUT2D eigenvalue weighted by molar-refractivity contribution is 7.85. The molecule has 0 saturated carbocycles. The van der Waals surface area contributed by atoms with Crippen molar-refractivity contribution in [2.24, 2.45) is 5.41 Å². The molecule has 1 aliphatic rings.